The van der Waals surface area contributed by atoms with Crippen LogP contribution in [-0.2, 0) is 0 Å². The Hall–Kier alpha value is -1.07. The van der Waals surface area contributed by atoms with Gasteiger partial charge in [-0.25, -0.2) is 0 Å². The number of amides is 1. The first-order valence-electron chi connectivity index (χ1n) is 9.27. The Morgan fingerprint density at radius 2 is 2.25 bits per heavy atom. The molecule has 5 nitrogen and oxygen atoms in total. The third-order valence-electron chi connectivity index (χ3n) is 5.43. The fourth-order valence-electron chi connectivity index (χ4n) is 4.15. The van der Waals surface area contributed by atoms with E-state index in [0.29, 0.717) is 23.7 Å². The summed E-state index contributed by atoms with van der Waals surface area (Å²) in [5.74, 6) is 0.703. The summed E-state index contributed by atoms with van der Waals surface area (Å²) in [6, 6.07) is 2.68. The quantitative estimate of drug-likeness (QED) is 0.882. The molecule has 3 heterocycles. The number of nitrogens with zero attached hydrogens (tertiary/aromatic N) is 3. The average Bonchev–Trinajstić information content (AvgIpc) is 3.25. The van der Waals surface area contributed by atoms with Gasteiger partial charge in [0.05, 0.1) is 6.04 Å². The van der Waals surface area contributed by atoms with Crippen LogP contribution in [0.2, 0.25) is 0 Å². The normalized spacial score (nSPS) is 25.3. The van der Waals surface area contributed by atoms with Crippen LogP contribution in [0.3, 0.4) is 0 Å². The molecule has 3 atom stereocenters. The predicted molar refractivity (Wildman–Crippen MR) is 98.7 cm³/mol. The number of nitrogens with one attached hydrogen (secondary N) is 1. The van der Waals surface area contributed by atoms with Crippen molar-refractivity contribution >= 4 is 18.3 Å². The minimum atomic E-state index is 0. The van der Waals surface area contributed by atoms with Gasteiger partial charge < -0.3 is 10.2 Å². The second-order valence-electron chi connectivity index (χ2n) is 7.16. The largest absolute Gasteiger partial charge is 0.334 e. The van der Waals surface area contributed by atoms with Crippen LogP contribution in [0.1, 0.15) is 68.9 Å². The van der Waals surface area contributed by atoms with Gasteiger partial charge in [0.2, 0.25) is 0 Å². The molecule has 24 heavy (non-hydrogen) atoms. The first-order chi connectivity index (χ1) is 11.2. The van der Waals surface area contributed by atoms with Crippen LogP contribution in [0, 0.1) is 5.92 Å². The second kappa shape index (κ2) is 8.86. The molecule has 0 aromatic carbocycles. The zero-order valence-corrected chi connectivity index (χ0v) is 15.7. The molecule has 1 amide bonds. The molecule has 0 radical (unpaired) electrons. The van der Waals surface area contributed by atoms with Crippen molar-refractivity contribution in [3.05, 3.63) is 18.0 Å². The summed E-state index contributed by atoms with van der Waals surface area (Å²) < 4.78 is 1.99. The van der Waals surface area contributed by atoms with E-state index in [2.05, 4.69) is 29.2 Å². The van der Waals surface area contributed by atoms with E-state index in [-0.39, 0.29) is 18.3 Å². The highest BCUT2D eigenvalue weighted by molar-refractivity contribution is 5.92. The molecule has 0 bridgehead atoms. The Bertz CT molecular complexity index is 527. The van der Waals surface area contributed by atoms with Crippen molar-refractivity contribution in [3.8, 4) is 0 Å². The van der Waals surface area contributed by atoms with Gasteiger partial charge in [-0.15, -0.1) is 12.4 Å². The summed E-state index contributed by atoms with van der Waals surface area (Å²) in [4.78, 5) is 15.0. The SMILES string of the molecule is CCCC(C)C1CCCN1C(=O)c1ccn(C2CCCNC2)n1.Cl. The lowest BCUT2D eigenvalue weighted by Crippen LogP contribution is -2.39. The average molecular weight is 355 g/mol. The minimum absolute atomic E-state index is 0. The fraction of sp³-hybridized carbons (Fsp3) is 0.778. The van der Waals surface area contributed by atoms with E-state index < -0.39 is 0 Å². The molecule has 2 aliphatic heterocycles. The molecule has 136 valence electrons. The first-order valence-corrected chi connectivity index (χ1v) is 9.27. The van der Waals surface area contributed by atoms with E-state index in [9.17, 15) is 4.79 Å². The minimum Gasteiger partial charge on any atom is -0.334 e. The first kappa shape index (κ1) is 19.3. The third-order valence-corrected chi connectivity index (χ3v) is 5.43. The van der Waals surface area contributed by atoms with Crippen molar-refractivity contribution in [1.29, 1.82) is 0 Å². The molecule has 1 aromatic rings. The highest BCUT2D eigenvalue weighted by Crippen LogP contribution is 2.28. The van der Waals surface area contributed by atoms with Gasteiger partial charge in [-0.05, 0) is 50.6 Å². The monoisotopic (exact) mass is 354 g/mol. The zero-order valence-electron chi connectivity index (χ0n) is 14.9. The van der Waals surface area contributed by atoms with E-state index >= 15 is 0 Å². The molecule has 0 saturated carbocycles. The van der Waals surface area contributed by atoms with Crippen LogP contribution in [-0.4, -0.2) is 46.3 Å². The van der Waals surface area contributed by atoms with Crippen molar-refractivity contribution in [2.45, 2.75) is 64.5 Å². The molecule has 0 aliphatic carbocycles. The molecule has 2 saturated heterocycles. The van der Waals surface area contributed by atoms with Gasteiger partial charge in [0.25, 0.3) is 5.91 Å². The summed E-state index contributed by atoms with van der Waals surface area (Å²) in [6.07, 6.45) is 8.93. The summed E-state index contributed by atoms with van der Waals surface area (Å²) in [7, 11) is 0. The Kier molecular flexibility index (Phi) is 7.11. The van der Waals surface area contributed by atoms with E-state index in [0.717, 1.165) is 38.9 Å². The Morgan fingerprint density at radius 1 is 1.42 bits per heavy atom. The highest BCUT2D eigenvalue weighted by Gasteiger charge is 2.33. The van der Waals surface area contributed by atoms with E-state index in [1.165, 1.54) is 19.3 Å². The van der Waals surface area contributed by atoms with Gasteiger partial charge in [0.1, 0.15) is 5.69 Å². The maximum absolute atomic E-state index is 12.9. The van der Waals surface area contributed by atoms with Gasteiger partial charge in [-0.3, -0.25) is 9.48 Å². The van der Waals surface area contributed by atoms with E-state index in [1.807, 2.05) is 16.9 Å². The molecule has 2 fully saturated rings. The fourth-order valence-corrected chi connectivity index (χ4v) is 4.15. The molecule has 0 spiro atoms. The van der Waals surface area contributed by atoms with Crippen molar-refractivity contribution in [3.63, 3.8) is 0 Å². The van der Waals surface area contributed by atoms with Crippen molar-refractivity contribution < 1.29 is 4.79 Å². The molecular weight excluding hydrogens is 324 g/mol. The summed E-state index contributed by atoms with van der Waals surface area (Å²) >= 11 is 0. The lowest BCUT2D eigenvalue weighted by Gasteiger charge is -2.29. The Labute approximate surface area is 151 Å². The zero-order chi connectivity index (χ0) is 16.2. The molecule has 3 rings (SSSR count). The van der Waals surface area contributed by atoms with E-state index in [1.54, 1.807) is 0 Å². The number of piperidine rings is 1. The Balaban J connectivity index is 0.00000208. The number of hydrogen-bond acceptors (Lipinski definition) is 3. The van der Waals surface area contributed by atoms with Crippen LogP contribution in [0.25, 0.3) is 0 Å². The number of aromatic nitrogens is 2. The van der Waals surface area contributed by atoms with Crippen LogP contribution in [0.15, 0.2) is 12.3 Å². The van der Waals surface area contributed by atoms with Crippen molar-refractivity contribution in [1.82, 2.24) is 20.0 Å². The van der Waals surface area contributed by atoms with Gasteiger partial charge in [0.15, 0.2) is 0 Å². The molecule has 2 aliphatic rings. The van der Waals surface area contributed by atoms with Gasteiger partial charge >= 0.3 is 0 Å². The van der Waals surface area contributed by atoms with Crippen LogP contribution in [0.4, 0.5) is 0 Å². The van der Waals surface area contributed by atoms with Gasteiger partial charge in [-0.1, -0.05) is 20.3 Å². The molecule has 1 N–H and O–H groups in total. The molecule has 1 aromatic heterocycles. The van der Waals surface area contributed by atoms with Crippen molar-refractivity contribution in [2.24, 2.45) is 5.92 Å². The van der Waals surface area contributed by atoms with E-state index in [4.69, 9.17) is 0 Å². The summed E-state index contributed by atoms with van der Waals surface area (Å²) in [5.41, 5.74) is 0.617. The standard InChI is InChI=1S/C18H30N4O.ClH/c1-3-6-14(2)17-8-5-11-21(17)18(23)16-9-12-22(20-16)15-7-4-10-19-13-15;/h9,12,14-15,17,19H,3-8,10-11,13H2,1-2H3;1H. The van der Waals surface area contributed by atoms with Crippen molar-refractivity contribution in [2.75, 3.05) is 19.6 Å². The number of likely N-dealkylation sites (tertiary alicyclic amines) is 1. The molecule has 6 heteroatoms. The predicted octanol–water partition coefficient (Wildman–Crippen LogP) is 3.27. The van der Waals surface area contributed by atoms with Crippen LogP contribution in [0.5, 0.6) is 0 Å². The Morgan fingerprint density at radius 3 is 2.96 bits per heavy atom. The summed E-state index contributed by atoms with van der Waals surface area (Å²) in [6.45, 7) is 7.43. The number of carbonyl (C=O) groups excluding carboxylic acids is 1. The maximum Gasteiger partial charge on any atom is 0.274 e. The summed E-state index contributed by atoms with van der Waals surface area (Å²) in [5, 5.41) is 8.01. The highest BCUT2D eigenvalue weighted by atomic mass is 35.5. The van der Waals surface area contributed by atoms with Crippen LogP contribution >= 0.6 is 12.4 Å². The second-order valence-corrected chi connectivity index (χ2v) is 7.16. The lowest BCUT2D eigenvalue weighted by molar-refractivity contribution is 0.0682. The third kappa shape index (κ3) is 4.12. The lowest BCUT2D eigenvalue weighted by atomic mass is 9.95. The number of hydrogen-bond donors (Lipinski definition) is 1. The maximum atomic E-state index is 12.9. The topological polar surface area (TPSA) is 50.2 Å². The number of halogens is 1. The smallest absolute Gasteiger partial charge is 0.274 e. The van der Waals surface area contributed by atoms with Gasteiger partial charge in [-0.2, -0.15) is 5.10 Å². The number of carbonyl (C=O) groups is 1. The molecular formula is C18H31ClN4O. The van der Waals surface area contributed by atoms with Crippen LogP contribution < -0.4 is 5.32 Å². The number of rotatable bonds is 5. The van der Waals surface area contributed by atoms with Gasteiger partial charge in [0, 0.05) is 25.3 Å². The molecule has 3 unspecified atom stereocenters.